The third kappa shape index (κ3) is 8.49. The smallest absolute Gasteiger partial charge is 0.276 e. The zero-order valence-corrected chi connectivity index (χ0v) is 20.8. The van der Waals surface area contributed by atoms with Gasteiger partial charge >= 0.3 is 0 Å². The molecule has 1 unspecified atom stereocenters. The highest BCUT2D eigenvalue weighted by atomic mass is 32.2. The van der Waals surface area contributed by atoms with Crippen LogP contribution in [0.2, 0.25) is 0 Å². The summed E-state index contributed by atoms with van der Waals surface area (Å²) in [6, 6.07) is 29.4. The molecule has 192 valence electrons. The SMILES string of the molecule is NS(=O)(=O)N[C@H]1C[C@@H](OCc2ccccc2)C(OCc2ccccc2)[C@@H](COCc2ccccc2)O1. The van der Waals surface area contributed by atoms with Gasteiger partial charge in [-0.05, 0) is 16.7 Å². The molecule has 1 fully saturated rings. The van der Waals surface area contributed by atoms with Crippen molar-refractivity contribution in [2.45, 2.75) is 50.8 Å². The number of benzene rings is 3. The van der Waals surface area contributed by atoms with Gasteiger partial charge in [0.1, 0.15) is 18.4 Å². The first-order chi connectivity index (χ1) is 17.5. The summed E-state index contributed by atoms with van der Waals surface area (Å²) in [5, 5.41) is 5.25. The highest BCUT2D eigenvalue weighted by molar-refractivity contribution is 7.87. The molecule has 3 N–H and O–H groups in total. The summed E-state index contributed by atoms with van der Waals surface area (Å²) in [5.41, 5.74) is 3.03. The second-order valence-corrected chi connectivity index (χ2v) is 9.98. The number of nitrogens with two attached hydrogens (primary N) is 1. The minimum atomic E-state index is -3.99. The molecule has 1 aliphatic rings. The first kappa shape index (κ1) is 26.4. The molecule has 0 saturated carbocycles. The van der Waals surface area contributed by atoms with Crippen molar-refractivity contribution in [2.24, 2.45) is 5.14 Å². The van der Waals surface area contributed by atoms with Crippen molar-refractivity contribution in [3.63, 3.8) is 0 Å². The normalized spacial score (nSPS) is 22.4. The lowest BCUT2D eigenvalue weighted by atomic mass is 10.00. The van der Waals surface area contributed by atoms with Crippen LogP contribution < -0.4 is 9.86 Å². The highest BCUT2D eigenvalue weighted by Gasteiger charge is 2.41. The molecule has 3 aromatic carbocycles. The summed E-state index contributed by atoms with van der Waals surface area (Å²) < 4.78 is 50.5. The van der Waals surface area contributed by atoms with Crippen LogP contribution in [0.5, 0.6) is 0 Å². The molecule has 0 aromatic heterocycles. The molecule has 0 bridgehead atoms. The van der Waals surface area contributed by atoms with Gasteiger partial charge in [-0.3, -0.25) is 0 Å². The second kappa shape index (κ2) is 13.1. The molecule has 0 amide bonds. The maximum absolute atomic E-state index is 11.8. The fourth-order valence-corrected chi connectivity index (χ4v) is 4.63. The summed E-state index contributed by atoms with van der Waals surface area (Å²) in [7, 11) is -3.99. The number of hydrogen-bond acceptors (Lipinski definition) is 6. The van der Waals surface area contributed by atoms with E-state index in [-0.39, 0.29) is 13.0 Å². The Bertz CT molecular complexity index is 1150. The van der Waals surface area contributed by atoms with E-state index in [4.69, 9.17) is 24.1 Å². The van der Waals surface area contributed by atoms with E-state index in [1.807, 2.05) is 91.0 Å². The molecule has 4 atom stereocenters. The molecule has 0 radical (unpaired) electrons. The maximum Gasteiger partial charge on any atom is 0.276 e. The van der Waals surface area contributed by atoms with Gasteiger partial charge in [-0.25, -0.2) is 5.14 Å². The monoisotopic (exact) mass is 512 g/mol. The standard InChI is InChI=1S/C27H32N2O6S/c28-36(30,31)29-26-16-24(33-18-22-12-6-2-7-13-22)27(34-19-23-14-8-3-9-15-23)25(35-26)20-32-17-21-10-4-1-5-11-21/h1-15,24-27,29H,16-20H2,(H2,28,30,31)/t24-,25-,26-,27?/m1/s1. The molecule has 36 heavy (non-hydrogen) atoms. The third-order valence-corrected chi connectivity index (χ3v) is 6.39. The number of nitrogens with one attached hydrogen (secondary N) is 1. The average molecular weight is 513 g/mol. The Kier molecular flexibility index (Phi) is 9.60. The lowest BCUT2D eigenvalue weighted by molar-refractivity contribution is -0.222. The van der Waals surface area contributed by atoms with Crippen molar-refractivity contribution in [2.75, 3.05) is 6.61 Å². The Labute approximate surface area is 212 Å². The van der Waals surface area contributed by atoms with Crippen molar-refractivity contribution >= 4 is 10.2 Å². The highest BCUT2D eigenvalue weighted by Crippen LogP contribution is 2.27. The Morgan fingerprint density at radius 3 is 1.81 bits per heavy atom. The van der Waals surface area contributed by atoms with Gasteiger partial charge in [0, 0.05) is 6.42 Å². The Morgan fingerprint density at radius 2 is 1.28 bits per heavy atom. The number of ether oxygens (including phenoxy) is 4. The zero-order valence-electron chi connectivity index (χ0n) is 19.9. The van der Waals surface area contributed by atoms with Gasteiger partial charge in [0.15, 0.2) is 0 Å². The summed E-state index contributed by atoms with van der Waals surface area (Å²) in [5.74, 6) is 0. The Hall–Kier alpha value is -2.63. The minimum Gasteiger partial charge on any atom is -0.374 e. The molecule has 1 aliphatic heterocycles. The third-order valence-electron chi connectivity index (χ3n) is 5.80. The van der Waals surface area contributed by atoms with Gasteiger partial charge in [-0.1, -0.05) is 91.0 Å². The average Bonchev–Trinajstić information content (AvgIpc) is 2.88. The second-order valence-electron chi connectivity index (χ2n) is 8.66. The van der Waals surface area contributed by atoms with Crippen molar-refractivity contribution in [1.29, 1.82) is 0 Å². The molecule has 8 nitrogen and oxygen atoms in total. The minimum absolute atomic E-state index is 0.183. The van der Waals surface area contributed by atoms with Crippen LogP contribution in [0.4, 0.5) is 0 Å². The molecule has 3 aromatic rings. The Balaban J connectivity index is 1.50. The fourth-order valence-electron chi connectivity index (χ4n) is 4.11. The van der Waals surface area contributed by atoms with E-state index in [1.165, 1.54) is 0 Å². The Morgan fingerprint density at radius 1 is 0.778 bits per heavy atom. The summed E-state index contributed by atoms with van der Waals surface area (Å²) in [6.45, 7) is 1.26. The largest absolute Gasteiger partial charge is 0.374 e. The molecule has 1 heterocycles. The zero-order chi connectivity index (χ0) is 25.2. The summed E-state index contributed by atoms with van der Waals surface area (Å²) in [4.78, 5) is 0. The van der Waals surface area contributed by atoms with Gasteiger partial charge in [-0.2, -0.15) is 13.1 Å². The first-order valence-corrected chi connectivity index (χ1v) is 13.4. The quantitative estimate of drug-likeness (QED) is 0.386. The van der Waals surface area contributed by atoms with Crippen LogP contribution in [0.15, 0.2) is 91.0 Å². The van der Waals surface area contributed by atoms with E-state index in [1.54, 1.807) is 0 Å². The first-order valence-electron chi connectivity index (χ1n) is 11.8. The fraction of sp³-hybridized carbons (Fsp3) is 0.333. The molecule has 9 heteroatoms. The van der Waals surface area contributed by atoms with E-state index in [9.17, 15) is 8.42 Å². The van der Waals surface area contributed by atoms with Crippen molar-refractivity contribution < 1.29 is 27.4 Å². The van der Waals surface area contributed by atoms with Crippen LogP contribution in [-0.4, -0.2) is 39.6 Å². The van der Waals surface area contributed by atoms with Crippen LogP contribution in [0.3, 0.4) is 0 Å². The van der Waals surface area contributed by atoms with Crippen LogP contribution >= 0.6 is 0 Å². The predicted molar refractivity (Wildman–Crippen MR) is 136 cm³/mol. The molecule has 0 spiro atoms. The number of hydrogen-bond donors (Lipinski definition) is 2. The summed E-state index contributed by atoms with van der Waals surface area (Å²) >= 11 is 0. The molecule has 1 saturated heterocycles. The van der Waals surface area contributed by atoms with Crippen LogP contribution in [0.25, 0.3) is 0 Å². The van der Waals surface area contributed by atoms with Crippen LogP contribution in [-0.2, 0) is 49.0 Å². The molecule has 4 rings (SSSR count). The summed E-state index contributed by atoms with van der Waals surface area (Å²) in [6.07, 6.45) is -2.19. The predicted octanol–water partition coefficient (Wildman–Crippen LogP) is 3.28. The lowest BCUT2D eigenvalue weighted by Gasteiger charge is -2.41. The van der Waals surface area contributed by atoms with E-state index in [0.29, 0.717) is 19.8 Å². The van der Waals surface area contributed by atoms with Crippen molar-refractivity contribution in [1.82, 2.24) is 4.72 Å². The van der Waals surface area contributed by atoms with E-state index >= 15 is 0 Å². The van der Waals surface area contributed by atoms with E-state index in [2.05, 4.69) is 4.72 Å². The van der Waals surface area contributed by atoms with Gasteiger partial charge in [0.25, 0.3) is 10.2 Å². The van der Waals surface area contributed by atoms with E-state index < -0.39 is 34.7 Å². The van der Waals surface area contributed by atoms with E-state index in [0.717, 1.165) is 16.7 Å². The maximum atomic E-state index is 11.8. The molecule has 0 aliphatic carbocycles. The van der Waals surface area contributed by atoms with Gasteiger partial charge in [0.2, 0.25) is 0 Å². The molecular weight excluding hydrogens is 480 g/mol. The number of rotatable bonds is 12. The topological polar surface area (TPSA) is 109 Å². The molecular formula is C27H32N2O6S. The lowest BCUT2D eigenvalue weighted by Crippen LogP contribution is -2.57. The van der Waals surface area contributed by atoms with Gasteiger partial charge in [0.05, 0.1) is 32.5 Å². The van der Waals surface area contributed by atoms with Crippen LogP contribution in [0.1, 0.15) is 23.1 Å². The van der Waals surface area contributed by atoms with Crippen molar-refractivity contribution in [3.8, 4) is 0 Å². The van der Waals surface area contributed by atoms with Gasteiger partial charge in [-0.15, -0.1) is 0 Å². The van der Waals surface area contributed by atoms with Crippen LogP contribution in [0, 0.1) is 0 Å². The van der Waals surface area contributed by atoms with Crippen molar-refractivity contribution in [3.05, 3.63) is 108 Å². The van der Waals surface area contributed by atoms with Gasteiger partial charge < -0.3 is 18.9 Å².